The predicted molar refractivity (Wildman–Crippen MR) is 72.3 cm³/mol. The summed E-state index contributed by atoms with van der Waals surface area (Å²) in [5.41, 5.74) is 2.19. The van der Waals surface area contributed by atoms with E-state index >= 15 is 0 Å². The predicted octanol–water partition coefficient (Wildman–Crippen LogP) is 1.66. The molecule has 0 radical (unpaired) electrons. The maximum Gasteiger partial charge on any atom is 0.308 e. The summed E-state index contributed by atoms with van der Waals surface area (Å²) in [6.07, 6.45) is 3.04. The Morgan fingerprint density at radius 2 is 2.05 bits per heavy atom. The summed E-state index contributed by atoms with van der Waals surface area (Å²) in [6.45, 7) is 0.508. The maximum absolute atomic E-state index is 11.3. The number of nitrogens with zero attached hydrogens (tertiary/aromatic N) is 1. The number of hydrogen-bond donors (Lipinski definition) is 2. The third kappa shape index (κ3) is 2.21. The monoisotopic (exact) mass is 261 g/mol. The van der Waals surface area contributed by atoms with Crippen molar-refractivity contribution in [3.05, 3.63) is 29.8 Å². The summed E-state index contributed by atoms with van der Waals surface area (Å²) in [6, 6.07) is 8.04. The molecule has 1 aliphatic heterocycles. The van der Waals surface area contributed by atoms with Crippen LogP contribution in [0.5, 0.6) is 0 Å². The van der Waals surface area contributed by atoms with Crippen LogP contribution in [0.15, 0.2) is 24.3 Å². The first kappa shape index (κ1) is 12.5. The largest absolute Gasteiger partial charge is 0.481 e. The molecular formula is C15H19NO3. The molecule has 1 fully saturated rings. The highest BCUT2D eigenvalue weighted by Gasteiger charge is 2.37. The third-order valence-corrected chi connectivity index (χ3v) is 4.38. The van der Waals surface area contributed by atoms with E-state index in [-0.39, 0.29) is 18.1 Å². The smallest absolute Gasteiger partial charge is 0.308 e. The molecule has 0 aromatic heterocycles. The average Bonchev–Trinajstić information content (AvgIpc) is 2.83. The van der Waals surface area contributed by atoms with Gasteiger partial charge in [0.25, 0.3) is 0 Å². The van der Waals surface area contributed by atoms with E-state index in [0.29, 0.717) is 13.0 Å². The maximum atomic E-state index is 11.3. The molecule has 19 heavy (non-hydrogen) atoms. The molecule has 3 rings (SSSR count). The lowest BCUT2D eigenvalue weighted by Gasteiger charge is -2.40. The van der Waals surface area contributed by atoms with Gasteiger partial charge in [0.1, 0.15) is 0 Å². The second-order valence-corrected chi connectivity index (χ2v) is 5.59. The van der Waals surface area contributed by atoms with Crippen LogP contribution in [0.1, 0.15) is 24.8 Å². The molecular weight excluding hydrogens is 242 g/mol. The molecule has 1 aromatic rings. The number of carbonyl (C=O) groups is 1. The zero-order chi connectivity index (χ0) is 13.4. The van der Waals surface area contributed by atoms with Crippen LogP contribution < -0.4 is 4.90 Å². The van der Waals surface area contributed by atoms with Gasteiger partial charge in [-0.15, -0.1) is 0 Å². The van der Waals surface area contributed by atoms with Crippen molar-refractivity contribution in [3.8, 4) is 0 Å². The Labute approximate surface area is 112 Å². The Bertz CT molecular complexity index is 488. The number of rotatable bonds is 2. The first-order valence-corrected chi connectivity index (χ1v) is 6.92. The molecule has 2 aliphatic rings. The first-order chi connectivity index (χ1) is 9.16. The normalized spacial score (nSPS) is 30.2. The number of carboxylic acid groups (broad SMARTS) is 1. The zero-order valence-electron chi connectivity index (χ0n) is 10.8. The van der Waals surface area contributed by atoms with E-state index in [0.717, 1.165) is 30.5 Å². The quantitative estimate of drug-likeness (QED) is 0.850. The van der Waals surface area contributed by atoms with E-state index in [1.807, 2.05) is 24.3 Å². The fraction of sp³-hybridized carbons (Fsp3) is 0.533. The van der Waals surface area contributed by atoms with Crippen molar-refractivity contribution >= 4 is 11.7 Å². The van der Waals surface area contributed by atoms with Gasteiger partial charge >= 0.3 is 5.97 Å². The number of aliphatic hydroxyl groups is 1. The lowest BCUT2D eigenvalue weighted by molar-refractivity contribution is -0.141. The number of hydrogen-bond acceptors (Lipinski definition) is 3. The molecule has 3 atom stereocenters. The summed E-state index contributed by atoms with van der Waals surface area (Å²) in [7, 11) is 0. The number of fused-ring (bicyclic) bond motifs is 1. The summed E-state index contributed by atoms with van der Waals surface area (Å²) in [5, 5.41) is 19.4. The molecule has 4 heteroatoms. The number of benzene rings is 1. The molecule has 4 nitrogen and oxygen atoms in total. The van der Waals surface area contributed by atoms with Crippen molar-refractivity contribution in [3.63, 3.8) is 0 Å². The SMILES string of the molecule is O=C(O)C1Cc2ccccc2N(C2CCCC2O)C1. The van der Waals surface area contributed by atoms with E-state index in [2.05, 4.69) is 4.90 Å². The van der Waals surface area contributed by atoms with Gasteiger partial charge in [-0.25, -0.2) is 0 Å². The van der Waals surface area contributed by atoms with Crippen LogP contribution in [0.2, 0.25) is 0 Å². The number of aliphatic carboxylic acids is 1. The Hall–Kier alpha value is -1.55. The number of aliphatic hydroxyl groups excluding tert-OH is 1. The van der Waals surface area contributed by atoms with Crippen LogP contribution in [0, 0.1) is 5.92 Å². The van der Waals surface area contributed by atoms with Crippen LogP contribution in [-0.2, 0) is 11.2 Å². The molecule has 0 amide bonds. The van der Waals surface area contributed by atoms with Crippen molar-refractivity contribution in [2.75, 3.05) is 11.4 Å². The van der Waals surface area contributed by atoms with Crippen molar-refractivity contribution in [1.29, 1.82) is 0 Å². The fourth-order valence-electron chi connectivity index (χ4n) is 3.39. The van der Waals surface area contributed by atoms with E-state index < -0.39 is 5.97 Å². The summed E-state index contributed by atoms with van der Waals surface area (Å²) in [4.78, 5) is 13.4. The van der Waals surface area contributed by atoms with E-state index in [4.69, 9.17) is 0 Å². The second-order valence-electron chi connectivity index (χ2n) is 5.59. The third-order valence-electron chi connectivity index (χ3n) is 4.38. The minimum atomic E-state index is -0.744. The summed E-state index contributed by atoms with van der Waals surface area (Å²) in [5.74, 6) is -1.12. The topological polar surface area (TPSA) is 60.8 Å². The van der Waals surface area contributed by atoms with Crippen molar-refractivity contribution < 1.29 is 15.0 Å². The molecule has 1 saturated carbocycles. The summed E-state index contributed by atoms with van der Waals surface area (Å²) >= 11 is 0. The number of anilines is 1. The molecule has 0 bridgehead atoms. The first-order valence-electron chi connectivity index (χ1n) is 6.92. The Kier molecular flexibility index (Phi) is 3.19. The van der Waals surface area contributed by atoms with Gasteiger partial charge in [-0.3, -0.25) is 4.79 Å². The Morgan fingerprint density at radius 3 is 2.74 bits per heavy atom. The second kappa shape index (κ2) is 4.85. The number of carboxylic acids is 1. The zero-order valence-corrected chi connectivity index (χ0v) is 10.8. The lowest BCUT2D eigenvalue weighted by Crippen LogP contribution is -2.47. The summed E-state index contributed by atoms with van der Waals surface area (Å²) < 4.78 is 0. The van der Waals surface area contributed by atoms with Gasteiger partial charge in [0, 0.05) is 12.2 Å². The van der Waals surface area contributed by atoms with Gasteiger partial charge < -0.3 is 15.1 Å². The minimum Gasteiger partial charge on any atom is -0.481 e. The van der Waals surface area contributed by atoms with Gasteiger partial charge in [-0.1, -0.05) is 18.2 Å². The van der Waals surface area contributed by atoms with Gasteiger partial charge in [-0.2, -0.15) is 0 Å². The number of para-hydroxylation sites is 1. The van der Waals surface area contributed by atoms with Crippen LogP contribution in [-0.4, -0.2) is 34.9 Å². The molecule has 1 heterocycles. The highest BCUT2D eigenvalue weighted by atomic mass is 16.4. The van der Waals surface area contributed by atoms with Gasteiger partial charge in [0.05, 0.1) is 18.1 Å². The lowest BCUT2D eigenvalue weighted by atomic mass is 9.91. The van der Waals surface area contributed by atoms with Gasteiger partial charge in [0.2, 0.25) is 0 Å². The van der Waals surface area contributed by atoms with Gasteiger partial charge in [-0.05, 0) is 37.3 Å². The molecule has 1 aliphatic carbocycles. The van der Waals surface area contributed by atoms with Crippen LogP contribution in [0.3, 0.4) is 0 Å². The standard InChI is InChI=1S/C15H19NO3/c17-14-7-3-6-13(14)16-9-11(15(18)19)8-10-4-1-2-5-12(10)16/h1-2,4-5,11,13-14,17H,3,6-9H2,(H,18,19). The highest BCUT2D eigenvalue weighted by Crippen LogP contribution is 2.35. The van der Waals surface area contributed by atoms with Crippen LogP contribution in [0.4, 0.5) is 5.69 Å². The average molecular weight is 261 g/mol. The molecule has 3 unspecified atom stereocenters. The fourth-order valence-corrected chi connectivity index (χ4v) is 3.39. The minimum absolute atomic E-state index is 0.0725. The van der Waals surface area contributed by atoms with Crippen LogP contribution in [0.25, 0.3) is 0 Å². The molecule has 1 aromatic carbocycles. The Balaban J connectivity index is 1.95. The highest BCUT2D eigenvalue weighted by molar-refractivity contribution is 5.74. The van der Waals surface area contributed by atoms with E-state index in [1.165, 1.54) is 0 Å². The van der Waals surface area contributed by atoms with Crippen molar-refractivity contribution in [1.82, 2.24) is 0 Å². The molecule has 0 spiro atoms. The van der Waals surface area contributed by atoms with Crippen molar-refractivity contribution in [2.45, 2.75) is 37.8 Å². The Morgan fingerprint density at radius 1 is 1.26 bits per heavy atom. The molecule has 0 saturated heterocycles. The van der Waals surface area contributed by atoms with Gasteiger partial charge in [0.15, 0.2) is 0 Å². The molecule has 2 N–H and O–H groups in total. The van der Waals surface area contributed by atoms with E-state index in [1.54, 1.807) is 0 Å². The van der Waals surface area contributed by atoms with E-state index in [9.17, 15) is 15.0 Å². The van der Waals surface area contributed by atoms with Crippen LogP contribution >= 0.6 is 0 Å². The van der Waals surface area contributed by atoms with Crippen molar-refractivity contribution in [2.24, 2.45) is 5.92 Å². The molecule has 102 valence electrons.